The SMILES string of the molecule is Nc1ccc(C(=O)CCc2ccccc2)nc1. The van der Waals surface area contributed by atoms with Gasteiger partial charge in [0, 0.05) is 6.42 Å². The summed E-state index contributed by atoms with van der Waals surface area (Å²) in [6.07, 6.45) is 2.72. The number of carbonyl (C=O) groups is 1. The van der Waals surface area contributed by atoms with Crippen LogP contribution in [0.2, 0.25) is 0 Å². The van der Waals surface area contributed by atoms with E-state index in [1.807, 2.05) is 30.3 Å². The molecule has 0 radical (unpaired) electrons. The van der Waals surface area contributed by atoms with E-state index in [9.17, 15) is 4.79 Å². The predicted octanol–water partition coefficient (Wildman–Crippen LogP) is 2.48. The maximum absolute atomic E-state index is 11.8. The molecule has 0 bridgehead atoms. The van der Waals surface area contributed by atoms with E-state index in [0.29, 0.717) is 17.8 Å². The summed E-state index contributed by atoms with van der Waals surface area (Å²) < 4.78 is 0. The van der Waals surface area contributed by atoms with E-state index in [4.69, 9.17) is 5.73 Å². The van der Waals surface area contributed by atoms with Crippen molar-refractivity contribution in [3.8, 4) is 0 Å². The van der Waals surface area contributed by atoms with Gasteiger partial charge in [-0.3, -0.25) is 9.78 Å². The van der Waals surface area contributed by atoms with E-state index in [1.165, 1.54) is 6.20 Å². The number of anilines is 1. The molecule has 2 rings (SSSR count). The van der Waals surface area contributed by atoms with Crippen molar-refractivity contribution in [2.45, 2.75) is 12.8 Å². The van der Waals surface area contributed by atoms with Crippen LogP contribution in [0.1, 0.15) is 22.5 Å². The van der Waals surface area contributed by atoms with E-state index in [1.54, 1.807) is 12.1 Å². The molecule has 86 valence electrons. The van der Waals surface area contributed by atoms with Gasteiger partial charge in [-0.25, -0.2) is 0 Å². The van der Waals surface area contributed by atoms with Gasteiger partial charge in [0.05, 0.1) is 11.9 Å². The molecule has 0 spiro atoms. The van der Waals surface area contributed by atoms with Crippen molar-refractivity contribution in [2.24, 2.45) is 0 Å². The topological polar surface area (TPSA) is 56.0 Å². The van der Waals surface area contributed by atoms with E-state index < -0.39 is 0 Å². The molecule has 3 heteroatoms. The largest absolute Gasteiger partial charge is 0.397 e. The van der Waals surface area contributed by atoms with Gasteiger partial charge in [-0.15, -0.1) is 0 Å². The van der Waals surface area contributed by atoms with Crippen LogP contribution >= 0.6 is 0 Å². The van der Waals surface area contributed by atoms with E-state index in [0.717, 1.165) is 12.0 Å². The molecule has 1 aromatic heterocycles. The average molecular weight is 226 g/mol. The molecule has 17 heavy (non-hydrogen) atoms. The minimum absolute atomic E-state index is 0.0499. The molecule has 0 atom stereocenters. The number of rotatable bonds is 4. The number of benzene rings is 1. The zero-order chi connectivity index (χ0) is 12.1. The third kappa shape index (κ3) is 3.14. The lowest BCUT2D eigenvalue weighted by Crippen LogP contribution is -2.04. The van der Waals surface area contributed by atoms with E-state index in [-0.39, 0.29) is 5.78 Å². The van der Waals surface area contributed by atoms with Crippen molar-refractivity contribution in [1.29, 1.82) is 0 Å². The van der Waals surface area contributed by atoms with E-state index in [2.05, 4.69) is 4.98 Å². The maximum atomic E-state index is 11.8. The zero-order valence-electron chi connectivity index (χ0n) is 9.47. The summed E-state index contributed by atoms with van der Waals surface area (Å²) in [6, 6.07) is 13.3. The number of Topliss-reactive ketones (excluding diaryl/α,β-unsaturated/α-hetero) is 1. The van der Waals surface area contributed by atoms with Gasteiger partial charge in [0.1, 0.15) is 5.69 Å². The first kappa shape index (κ1) is 11.3. The Morgan fingerprint density at radius 2 is 1.88 bits per heavy atom. The Hall–Kier alpha value is -2.16. The van der Waals surface area contributed by atoms with Gasteiger partial charge in [-0.05, 0) is 24.1 Å². The van der Waals surface area contributed by atoms with Crippen LogP contribution in [0.25, 0.3) is 0 Å². The van der Waals surface area contributed by atoms with Crippen LogP contribution in [0, 0.1) is 0 Å². The van der Waals surface area contributed by atoms with Crippen LogP contribution in [0.4, 0.5) is 5.69 Å². The molecular weight excluding hydrogens is 212 g/mol. The number of aryl methyl sites for hydroxylation is 1. The first-order valence-corrected chi connectivity index (χ1v) is 5.54. The lowest BCUT2D eigenvalue weighted by atomic mass is 10.1. The first-order valence-electron chi connectivity index (χ1n) is 5.54. The van der Waals surface area contributed by atoms with Crippen molar-refractivity contribution in [1.82, 2.24) is 4.98 Å². The van der Waals surface area contributed by atoms with Crippen molar-refractivity contribution < 1.29 is 4.79 Å². The predicted molar refractivity (Wildman–Crippen MR) is 67.7 cm³/mol. The van der Waals surface area contributed by atoms with Crippen molar-refractivity contribution in [3.63, 3.8) is 0 Å². The molecule has 0 aliphatic rings. The Bertz CT molecular complexity index is 491. The molecule has 0 unspecified atom stereocenters. The molecule has 2 aromatic rings. The Morgan fingerprint density at radius 3 is 2.53 bits per heavy atom. The van der Waals surface area contributed by atoms with Gasteiger partial charge in [0.2, 0.25) is 0 Å². The molecule has 0 amide bonds. The Kier molecular flexibility index (Phi) is 3.50. The second-order valence-electron chi connectivity index (χ2n) is 3.89. The number of nitrogens with zero attached hydrogens (tertiary/aromatic N) is 1. The van der Waals surface area contributed by atoms with Crippen LogP contribution in [-0.2, 0) is 6.42 Å². The number of hydrogen-bond acceptors (Lipinski definition) is 3. The molecule has 0 saturated carbocycles. The van der Waals surface area contributed by atoms with Gasteiger partial charge in [0.25, 0.3) is 0 Å². The summed E-state index contributed by atoms with van der Waals surface area (Å²) in [5, 5.41) is 0. The number of nitrogens with two attached hydrogens (primary N) is 1. The fourth-order valence-electron chi connectivity index (χ4n) is 1.60. The molecule has 0 fully saturated rings. The minimum Gasteiger partial charge on any atom is -0.397 e. The standard InChI is InChI=1S/C14H14N2O/c15-12-7-8-13(16-10-12)14(17)9-6-11-4-2-1-3-5-11/h1-5,7-8,10H,6,9,15H2. The van der Waals surface area contributed by atoms with E-state index >= 15 is 0 Å². The Balaban J connectivity index is 1.96. The van der Waals surface area contributed by atoms with Gasteiger partial charge in [-0.2, -0.15) is 0 Å². The van der Waals surface area contributed by atoms with Crippen molar-refractivity contribution in [3.05, 3.63) is 59.9 Å². The summed E-state index contributed by atoms with van der Waals surface area (Å²) in [5.41, 5.74) is 7.74. The summed E-state index contributed by atoms with van der Waals surface area (Å²) in [4.78, 5) is 15.8. The Labute approximate surface area is 100 Å². The van der Waals surface area contributed by atoms with Crippen LogP contribution in [0.3, 0.4) is 0 Å². The molecular formula is C14H14N2O. The number of ketones is 1. The normalized spacial score (nSPS) is 10.1. The highest BCUT2D eigenvalue weighted by Crippen LogP contribution is 2.08. The maximum Gasteiger partial charge on any atom is 0.181 e. The number of aromatic nitrogens is 1. The summed E-state index contributed by atoms with van der Waals surface area (Å²) in [7, 11) is 0. The first-order chi connectivity index (χ1) is 8.25. The quantitative estimate of drug-likeness (QED) is 0.815. The second kappa shape index (κ2) is 5.25. The van der Waals surface area contributed by atoms with Crippen molar-refractivity contribution >= 4 is 11.5 Å². The second-order valence-corrected chi connectivity index (χ2v) is 3.89. The summed E-state index contributed by atoms with van der Waals surface area (Å²) >= 11 is 0. The number of nitrogen functional groups attached to an aromatic ring is 1. The highest BCUT2D eigenvalue weighted by molar-refractivity contribution is 5.94. The summed E-state index contributed by atoms with van der Waals surface area (Å²) in [5.74, 6) is 0.0499. The fourth-order valence-corrected chi connectivity index (χ4v) is 1.60. The smallest absolute Gasteiger partial charge is 0.181 e. The van der Waals surface area contributed by atoms with Crippen LogP contribution in [0.5, 0.6) is 0 Å². The number of carbonyl (C=O) groups excluding carboxylic acids is 1. The van der Waals surface area contributed by atoms with Gasteiger partial charge >= 0.3 is 0 Å². The van der Waals surface area contributed by atoms with Crippen molar-refractivity contribution in [2.75, 3.05) is 5.73 Å². The van der Waals surface area contributed by atoms with Gasteiger partial charge < -0.3 is 5.73 Å². The molecule has 1 heterocycles. The number of hydrogen-bond donors (Lipinski definition) is 1. The van der Waals surface area contributed by atoms with Gasteiger partial charge in [-0.1, -0.05) is 30.3 Å². The summed E-state index contributed by atoms with van der Waals surface area (Å²) in [6.45, 7) is 0. The Morgan fingerprint density at radius 1 is 1.12 bits per heavy atom. The third-order valence-electron chi connectivity index (χ3n) is 2.56. The van der Waals surface area contributed by atoms with Crippen LogP contribution < -0.4 is 5.73 Å². The molecule has 0 saturated heterocycles. The fraction of sp³-hybridized carbons (Fsp3) is 0.143. The zero-order valence-corrected chi connectivity index (χ0v) is 9.47. The van der Waals surface area contributed by atoms with Crippen LogP contribution in [-0.4, -0.2) is 10.8 Å². The molecule has 0 aliphatic carbocycles. The minimum atomic E-state index is 0.0499. The van der Waals surface area contributed by atoms with Gasteiger partial charge in [0.15, 0.2) is 5.78 Å². The molecule has 2 N–H and O–H groups in total. The third-order valence-corrected chi connectivity index (χ3v) is 2.56. The highest BCUT2D eigenvalue weighted by Gasteiger charge is 2.06. The lowest BCUT2D eigenvalue weighted by molar-refractivity contribution is 0.0978. The molecule has 1 aromatic carbocycles. The number of pyridine rings is 1. The lowest BCUT2D eigenvalue weighted by Gasteiger charge is -2.01. The molecule has 3 nitrogen and oxygen atoms in total. The average Bonchev–Trinajstić information content (AvgIpc) is 2.38. The molecule has 0 aliphatic heterocycles. The monoisotopic (exact) mass is 226 g/mol. The highest BCUT2D eigenvalue weighted by atomic mass is 16.1. The van der Waals surface area contributed by atoms with Crippen LogP contribution in [0.15, 0.2) is 48.7 Å².